The number of benzene rings is 1. The van der Waals surface area contributed by atoms with Gasteiger partial charge in [-0.05, 0) is 31.9 Å². The van der Waals surface area contributed by atoms with E-state index in [1.165, 1.54) is 19.2 Å². The Morgan fingerprint density at radius 1 is 1.29 bits per heavy atom. The Kier molecular flexibility index (Phi) is 6.80. The summed E-state index contributed by atoms with van der Waals surface area (Å²) >= 11 is 0. The fraction of sp³-hybridized carbons (Fsp3) is 0.444. The highest BCUT2D eigenvalue weighted by Gasteiger charge is 2.34. The van der Waals surface area contributed by atoms with Crippen LogP contribution >= 0.6 is 0 Å². The first-order valence-corrected chi connectivity index (χ1v) is 8.78. The lowest BCUT2D eigenvalue weighted by atomic mass is 9.94. The lowest BCUT2D eigenvalue weighted by Gasteiger charge is -2.28. The Morgan fingerprint density at radius 2 is 2.00 bits per heavy atom. The molecule has 1 aromatic rings. The van der Waals surface area contributed by atoms with Crippen LogP contribution in [0, 0.1) is 10.1 Å². The summed E-state index contributed by atoms with van der Waals surface area (Å²) in [5.41, 5.74) is 0.422. The summed E-state index contributed by atoms with van der Waals surface area (Å²) in [6.07, 6.45) is 0.656. The van der Waals surface area contributed by atoms with Gasteiger partial charge in [0.15, 0.2) is 5.75 Å². The number of ether oxygens (including phenoxy) is 3. The van der Waals surface area contributed by atoms with Crippen molar-refractivity contribution in [1.82, 2.24) is 10.6 Å². The fourth-order valence-electron chi connectivity index (χ4n) is 2.85. The first-order chi connectivity index (χ1) is 13.3. The van der Waals surface area contributed by atoms with E-state index in [1.54, 1.807) is 13.8 Å². The molecule has 0 saturated carbocycles. The third-order valence-corrected chi connectivity index (χ3v) is 4.01. The van der Waals surface area contributed by atoms with E-state index in [9.17, 15) is 19.7 Å². The van der Waals surface area contributed by atoms with Gasteiger partial charge in [-0.15, -0.1) is 0 Å². The van der Waals surface area contributed by atoms with Gasteiger partial charge in [0.2, 0.25) is 5.75 Å². The van der Waals surface area contributed by atoms with Gasteiger partial charge in [-0.25, -0.2) is 9.59 Å². The Hall–Kier alpha value is -3.30. The fourth-order valence-corrected chi connectivity index (χ4v) is 2.85. The van der Waals surface area contributed by atoms with Gasteiger partial charge >= 0.3 is 17.7 Å². The van der Waals surface area contributed by atoms with Crippen LogP contribution in [0.4, 0.5) is 10.5 Å². The van der Waals surface area contributed by atoms with Crippen molar-refractivity contribution in [2.24, 2.45) is 0 Å². The number of hydrogen-bond donors (Lipinski definition) is 2. The van der Waals surface area contributed by atoms with Gasteiger partial charge in [-0.2, -0.15) is 0 Å². The standard InChI is InChI=1S/C18H23N3O7/c1-5-7-28-16-12(21(24)25)8-11(9-13(16)27-6-2)15-14(17(22)26-4)10(3)19-18(23)20-15/h8-9,15H,5-7H2,1-4H3,(H2,19,20,23). The van der Waals surface area contributed by atoms with Crippen LogP contribution in [0.2, 0.25) is 0 Å². The van der Waals surface area contributed by atoms with Gasteiger partial charge in [0.1, 0.15) is 0 Å². The molecule has 152 valence electrons. The third kappa shape index (κ3) is 4.33. The largest absolute Gasteiger partial charge is 0.490 e. The van der Waals surface area contributed by atoms with E-state index in [-0.39, 0.29) is 36.0 Å². The molecule has 1 unspecified atom stereocenters. The van der Waals surface area contributed by atoms with Crippen molar-refractivity contribution < 1.29 is 28.7 Å². The highest BCUT2D eigenvalue weighted by Crippen LogP contribution is 2.42. The maximum absolute atomic E-state index is 12.2. The van der Waals surface area contributed by atoms with Gasteiger partial charge < -0.3 is 24.8 Å². The summed E-state index contributed by atoms with van der Waals surface area (Å²) in [6, 6.07) is 1.30. The minimum atomic E-state index is -0.945. The average Bonchev–Trinajstić information content (AvgIpc) is 2.65. The van der Waals surface area contributed by atoms with Gasteiger partial charge in [0.25, 0.3) is 0 Å². The monoisotopic (exact) mass is 393 g/mol. The Bertz CT molecular complexity index is 820. The molecule has 10 heteroatoms. The van der Waals surface area contributed by atoms with Crippen LogP contribution in [0.25, 0.3) is 0 Å². The van der Waals surface area contributed by atoms with Gasteiger partial charge in [-0.3, -0.25) is 10.1 Å². The molecule has 2 N–H and O–H groups in total. The summed E-state index contributed by atoms with van der Waals surface area (Å²) in [5.74, 6) is -0.491. The molecule has 0 fully saturated rings. The number of nitrogens with one attached hydrogen (secondary N) is 2. The smallest absolute Gasteiger partial charge is 0.337 e. The number of carbonyl (C=O) groups excluding carboxylic acids is 2. The predicted molar refractivity (Wildman–Crippen MR) is 99.2 cm³/mol. The van der Waals surface area contributed by atoms with Crippen molar-refractivity contribution in [2.75, 3.05) is 20.3 Å². The predicted octanol–water partition coefficient (Wildman–Crippen LogP) is 2.58. The number of methoxy groups -OCH3 is 1. The molecule has 10 nitrogen and oxygen atoms in total. The van der Waals surface area contributed by atoms with Crippen LogP contribution < -0.4 is 20.1 Å². The molecule has 0 aliphatic carbocycles. The number of nitrogens with zero attached hydrogens (tertiary/aromatic N) is 1. The molecule has 28 heavy (non-hydrogen) atoms. The number of hydrogen-bond acceptors (Lipinski definition) is 7. The molecule has 2 rings (SSSR count). The number of amides is 2. The average molecular weight is 393 g/mol. The molecule has 0 spiro atoms. The molecule has 0 saturated heterocycles. The van der Waals surface area contributed by atoms with E-state index < -0.39 is 23.0 Å². The summed E-state index contributed by atoms with van der Waals surface area (Å²) < 4.78 is 15.9. The molecule has 1 heterocycles. The number of allylic oxidation sites excluding steroid dienone is 1. The Morgan fingerprint density at radius 3 is 2.57 bits per heavy atom. The zero-order valence-corrected chi connectivity index (χ0v) is 16.2. The second-order valence-electron chi connectivity index (χ2n) is 5.97. The van der Waals surface area contributed by atoms with E-state index in [1.807, 2.05) is 6.92 Å². The van der Waals surface area contributed by atoms with Crippen molar-refractivity contribution in [2.45, 2.75) is 33.2 Å². The summed E-state index contributed by atoms with van der Waals surface area (Å²) in [4.78, 5) is 35.3. The molecule has 1 atom stereocenters. The molecule has 0 bridgehead atoms. The topological polar surface area (TPSA) is 129 Å². The normalized spacial score (nSPS) is 16.1. The SMILES string of the molecule is CCCOc1c(OCC)cc(C2NC(=O)NC(C)=C2C(=O)OC)cc1[N+](=O)[O-]. The van der Waals surface area contributed by atoms with Crippen LogP contribution in [0.1, 0.15) is 38.8 Å². The molecule has 0 radical (unpaired) electrons. The van der Waals surface area contributed by atoms with Crippen molar-refractivity contribution in [1.29, 1.82) is 0 Å². The number of esters is 1. The third-order valence-electron chi connectivity index (χ3n) is 4.01. The lowest BCUT2D eigenvalue weighted by molar-refractivity contribution is -0.386. The van der Waals surface area contributed by atoms with Crippen LogP contribution in [0.15, 0.2) is 23.4 Å². The molecule has 1 aliphatic heterocycles. The van der Waals surface area contributed by atoms with E-state index in [4.69, 9.17) is 14.2 Å². The summed E-state index contributed by atoms with van der Waals surface area (Å²) in [7, 11) is 1.21. The van der Waals surface area contributed by atoms with Crippen molar-refractivity contribution in [3.63, 3.8) is 0 Å². The summed E-state index contributed by atoms with van der Waals surface area (Å²) in [6.45, 7) is 5.69. The van der Waals surface area contributed by atoms with E-state index in [2.05, 4.69) is 10.6 Å². The van der Waals surface area contributed by atoms with Crippen LogP contribution in [0.3, 0.4) is 0 Å². The first kappa shape index (κ1) is 21.0. The molecule has 1 aliphatic rings. The van der Waals surface area contributed by atoms with Crippen molar-refractivity contribution >= 4 is 17.7 Å². The number of rotatable bonds is 8. The van der Waals surface area contributed by atoms with Crippen LogP contribution in [-0.2, 0) is 9.53 Å². The maximum Gasteiger partial charge on any atom is 0.337 e. The highest BCUT2D eigenvalue weighted by molar-refractivity contribution is 5.95. The first-order valence-electron chi connectivity index (χ1n) is 8.78. The Labute approximate surface area is 162 Å². The second kappa shape index (κ2) is 9.07. The molecular weight excluding hydrogens is 370 g/mol. The number of nitro groups is 1. The quantitative estimate of drug-likeness (QED) is 0.394. The zero-order chi connectivity index (χ0) is 20.8. The van der Waals surface area contributed by atoms with Crippen LogP contribution in [-0.4, -0.2) is 37.2 Å². The van der Waals surface area contributed by atoms with E-state index in [0.717, 1.165) is 0 Å². The zero-order valence-electron chi connectivity index (χ0n) is 16.2. The number of urea groups is 1. The van der Waals surface area contributed by atoms with Gasteiger partial charge in [0.05, 0.1) is 36.9 Å². The van der Waals surface area contributed by atoms with Crippen molar-refractivity contribution in [3.8, 4) is 11.5 Å². The minimum Gasteiger partial charge on any atom is -0.490 e. The van der Waals surface area contributed by atoms with Gasteiger partial charge in [0, 0.05) is 11.8 Å². The van der Waals surface area contributed by atoms with E-state index >= 15 is 0 Å². The minimum absolute atomic E-state index is 0.0121. The number of nitro benzene ring substituents is 1. The Balaban J connectivity index is 2.66. The maximum atomic E-state index is 12.2. The molecule has 2 amide bonds. The summed E-state index contributed by atoms with van der Waals surface area (Å²) in [5, 5.41) is 16.7. The van der Waals surface area contributed by atoms with E-state index in [0.29, 0.717) is 17.7 Å². The van der Waals surface area contributed by atoms with Gasteiger partial charge in [-0.1, -0.05) is 6.92 Å². The highest BCUT2D eigenvalue weighted by atomic mass is 16.6. The van der Waals surface area contributed by atoms with Crippen molar-refractivity contribution in [3.05, 3.63) is 39.1 Å². The number of carbonyl (C=O) groups is 2. The van der Waals surface area contributed by atoms with Crippen LogP contribution in [0.5, 0.6) is 11.5 Å². The lowest BCUT2D eigenvalue weighted by Crippen LogP contribution is -2.45. The second-order valence-corrected chi connectivity index (χ2v) is 5.97. The molecule has 1 aromatic carbocycles. The molecule has 0 aromatic heterocycles. The molecular formula is C18H23N3O7.